The molecule has 48 valence electrons. The third-order valence-electron chi connectivity index (χ3n) is 1.64. The SMILES string of the molecule is C[C@@H](I)N1CCCC1. The Labute approximate surface area is 64.6 Å². The second kappa shape index (κ2) is 3.01. The molecule has 2 heteroatoms. The van der Waals surface area contributed by atoms with Crippen LogP contribution in [0.3, 0.4) is 0 Å². The van der Waals surface area contributed by atoms with Gasteiger partial charge in [0.2, 0.25) is 0 Å². The van der Waals surface area contributed by atoms with Gasteiger partial charge in [-0.25, -0.2) is 0 Å². The molecule has 1 heterocycles. The van der Waals surface area contributed by atoms with Crippen molar-refractivity contribution in [1.82, 2.24) is 4.90 Å². The third kappa shape index (κ3) is 1.58. The van der Waals surface area contributed by atoms with E-state index >= 15 is 0 Å². The quantitative estimate of drug-likeness (QED) is 0.374. The normalized spacial score (nSPS) is 26.2. The van der Waals surface area contributed by atoms with Gasteiger partial charge in [0.25, 0.3) is 0 Å². The number of nitrogens with zero attached hydrogens (tertiary/aromatic N) is 1. The molecule has 1 saturated heterocycles. The van der Waals surface area contributed by atoms with Gasteiger partial charge in [0.1, 0.15) is 0 Å². The van der Waals surface area contributed by atoms with E-state index < -0.39 is 0 Å². The van der Waals surface area contributed by atoms with Crippen LogP contribution in [0, 0.1) is 0 Å². The summed E-state index contributed by atoms with van der Waals surface area (Å²) < 4.78 is 0.745. The molecule has 0 aromatic rings. The van der Waals surface area contributed by atoms with Crippen molar-refractivity contribution >= 4 is 22.6 Å². The van der Waals surface area contributed by atoms with E-state index in [2.05, 4.69) is 34.4 Å². The van der Waals surface area contributed by atoms with Crippen molar-refractivity contribution < 1.29 is 0 Å². The summed E-state index contributed by atoms with van der Waals surface area (Å²) in [5, 5.41) is 0. The Morgan fingerprint density at radius 2 is 1.88 bits per heavy atom. The lowest BCUT2D eigenvalue weighted by atomic mass is 10.4. The molecule has 1 aliphatic heterocycles. The fraction of sp³-hybridized carbons (Fsp3) is 1.00. The first-order valence-electron chi connectivity index (χ1n) is 3.19. The van der Waals surface area contributed by atoms with Crippen LogP contribution in [0.2, 0.25) is 0 Å². The number of rotatable bonds is 1. The minimum Gasteiger partial charge on any atom is -0.292 e. The predicted octanol–water partition coefficient (Wildman–Crippen LogP) is 1.86. The first-order chi connectivity index (χ1) is 3.80. The summed E-state index contributed by atoms with van der Waals surface area (Å²) in [6.07, 6.45) is 2.82. The lowest BCUT2D eigenvalue weighted by Gasteiger charge is -2.16. The van der Waals surface area contributed by atoms with Crippen molar-refractivity contribution in [3.63, 3.8) is 0 Å². The molecule has 0 bridgehead atoms. The van der Waals surface area contributed by atoms with E-state index in [1.807, 2.05) is 0 Å². The highest BCUT2D eigenvalue weighted by atomic mass is 127. The van der Waals surface area contributed by atoms with Crippen LogP contribution in [-0.4, -0.2) is 22.0 Å². The fourth-order valence-electron chi connectivity index (χ4n) is 1.10. The van der Waals surface area contributed by atoms with Gasteiger partial charge in [0, 0.05) is 0 Å². The zero-order chi connectivity index (χ0) is 5.98. The first kappa shape index (κ1) is 6.81. The largest absolute Gasteiger partial charge is 0.292 e. The minimum absolute atomic E-state index is 0.745. The molecule has 0 N–H and O–H groups in total. The van der Waals surface area contributed by atoms with E-state index in [0.717, 1.165) is 4.05 Å². The highest BCUT2D eigenvalue weighted by molar-refractivity contribution is 14.1. The number of hydrogen-bond acceptors (Lipinski definition) is 1. The van der Waals surface area contributed by atoms with Gasteiger partial charge >= 0.3 is 0 Å². The summed E-state index contributed by atoms with van der Waals surface area (Å²) in [5.74, 6) is 0. The minimum atomic E-state index is 0.745. The molecule has 0 spiro atoms. The van der Waals surface area contributed by atoms with Crippen molar-refractivity contribution in [2.24, 2.45) is 0 Å². The van der Waals surface area contributed by atoms with Crippen molar-refractivity contribution in [2.45, 2.75) is 23.8 Å². The van der Waals surface area contributed by atoms with Gasteiger partial charge < -0.3 is 0 Å². The van der Waals surface area contributed by atoms with E-state index in [4.69, 9.17) is 0 Å². The molecular formula is C6H12IN. The molecule has 0 aromatic heterocycles. The van der Waals surface area contributed by atoms with Crippen LogP contribution in [-0.2, 0) is 0 Å². The molecule has 0 radical (unpaired) electrons. The molecule has 1 rings (SSSR count). The topological polar surface area (TPSA) is 3.24 Å². The van der Waals surface area contributed by atoms with E-state index in [9.17, 15) is 0 Å². The maximum Gasteiger partial charge on any atom is 0.0589 e. The van der Waals surface area contributed by atoms with E-state index in [-0.39, 0.29) is 0 Å². The van der Waals surface area contributed by atoms with Gasteiger partial charge in [0.15, 0.2) is 0 Å². The Morgan fingerprint density at radius 1 is 1.38 bits per heavy atom. The summed E-state index contributed by atoms with van der Waals surface area (Å²) >= 11 is 2.47. The summed E-state index contributed by atoms with van der Waals surface area (Å²) in [4.78, 5) is 2.51. The molecule has 1 atom stereocenters. The molecule has 1 nitrogen and oxygen atoms in total. The maximum atomic E-state index is 2.51. The highest BCUT2D eigenvalue weighted by Gasteiger charge is 2.14. The Kier molecular flexibility index (Phi) is 2.56. The van der Waals surface area contributed by atoms with Gasteiger partial charge in [0.05, 0.1) is 4.05 Å². The van der Waals surface area contributed by atoms with Gasteiger partial charge in [-0.1, -0.05) is 22.6 Å². The monoisotopic (exact) mass is 225 g/mol. The molecule has 1 aliphatic rings. The summed E-state index contributed by atoms with van der Waals surface area (Å²) in [6, 6.07) is 0. The third-order valence-corrected chi connectivity index (χ3v) is 2.43. The second-order valence-corrected chi connectivity index (χ2v) is 4.12. The Hall–Kier alpha value is 0.690. The van der Waals surface area contributed by atoms with Crippen molar-refractivity contribution in [3.05, 3.63) is 0 Å². The molecule has 0 saturated carbocycles. The zero-order valence-electron chi connectivity index (χ0n) is 5.23. The van der Waals surface area contributed by atoms with Crippen molar-refractivity contribution in [3.8, 4) is 0 Å². The van der Waals surface area contributed by atoms with Crippen LogP contribution in [0.1, 0.15) is 19.8 Å². The van der Waals surface area contributed by atoms with Crippen LogP contribution in [0.4, 0.5) is 0 Å². The Balaban J connectivity index is 2.24. The summed E-state index contributed by atoms with van der Waals surface area (Å²) in [5.41, 5.74) is 0. The van der Waals surface area contributed by atoms with E-state index in [1.54, 1.807) is 0 Å². The second-order valence-electron chi connectivity index (χ2n) is 2.32. The van der Waals surface area contributed by atoms with Crippen molar-refractivity contribution in [2.75, 3.05) is 13.1 Å². The number of alkyl halides is 1. The van der Waals surface area contributed by atoms with Crippen LogP contribution < -0.4 is 0 Å². The highest BCUT2D eigenvalue weighted by Crippen LogP contribution is 2.14. The lowest BCUT2D eigenvalue weighted by Crippen LogP contribution is -2.24. The fourth-order valence-corrected chi connectivity index (χ4v) is 1.65. The average molecular weight is 225 g/mol. The smallest absolute Gasteiger partial charge is 0.0589 e. The van der Waals surface area contributed by atoms with Gasteiger partial charge in [-0.15, -0.1) is 0 Å². The van der Waals surface area contributed by atoms with Crippen LogP contribution in [0.25, 0.3) is 0 Å². The summed E-state index contributed by atoms with van der Waals surface area (Å²) in [7, 11) is 0. The van der Waals surface area contributed by atoms with Crippen LogP contribution in [0.5, 0.6) is 0 Å². The molecular weight excluding hydrogens is 213 g/mol. The Bertz CT molecular complexity index is 66.9. The number of likely N-dealkylation sites (tertiary alicyclic amines) is 1. The molecule has 8 heavy (non-hydrogen) atoms. The first-order valence-corrected chi connectivity index (χ1v) is 4.43. The van der Waals surface area contributed by atoms with Gasteiger partial charge in [-0.05, 0) is 32.9 Å². The zero-order valence-corrected chi connectivity index (χ0v) is 7.39. The van der Waals surface area contributed by atoms with Crippen LogP contribution >= 0.6 is 22.6 Å². The predicted molar refractivity (Wildman–Crippen MR) is 44.3 cm³/mol. The molecule has 0 aromatic carbocycles. The Morgan fingerprint density at radius 3 is 2.12 bits per heavy atom. The van der Waals surface area contributed by atoms with Gasteiger partial charge in [-0.2, -0.15) is 0 Å². The lowest BCUT2D eigenvalue weighted by molar-refractivity contribution is 0.344. The molecule has 1 fully saturated rings. The summed E-state index contributed by atoms with van der Waals surface area (Å²) in [6.45, 7) is 4.90. The average Bonchev–Trinajstić information content (AvgIpc) is 2.12. The standard InChI is InChI=1S/C6H12IN/c1-6(7)8-4-2-3-5-8/h6H,2-5H2,1H3/t6-/m0/s1. The van der Waals surface area contributed by atoms with Gasteiger partial charge in [-0.3, -0.25) is 4.90 Å². The molecule has 0 amide bonds. The van der Waals surface area contributed by atoms with E-state index in [0.29, 0.717) is 0 Å². The van der Waals surface area contributed by atoms with Crippen molar-refractivity contribution in [1.29, 1.82) is 0 Å². The number of halogens is 1. The maximum absolute atomic E-state index is 2.51. The number of hydrogen-bond donors (Lipinski definition) is 0. The molecule has 0 unspecified atom stereocenters. The van der Waals surface area contributed by atoms with E-state index in [1.165, 1.54) is 25.9 Å². The molecule has 0 aliphatic carbocycles. The van der Waals surface area contributed by atoms with Crippen LogP contribution in [0.15, 0.2) is 0 Å².